The number of likely N-dealkylation sites (tertiary alicyclic amines) is 1. The quantitative estimate of drug-likeness (QED) is 0.227. The molecule has 1 aliphatic rings. The second-order valence-electron chi connectivity index (χ2n) is 10.0. The van der Waals surface area contributed by atoms with Crippen LogP contribution >= 0.6 is 0 Å². The molecule has 1 heterocycles. The van der Waals surface area contributed by atoms with Crippen LogP contribution in [0.2, 0.25) is 0 Å². The van der Waals surface area contributed by atoms with Crippen molar-refractivity contribution < 1.29 is 29.0 Å². The van der Waals surface area contributed by atoms with Gasteiger partial charge in [-0.15, -0.1) is 0 Å². The number of primary amides is 1. The van der Waals surface area contributed by atoms with Gasteiger partial charge in [0.2, 0.25) is 0 Å². The van der Waals surface area contributed by atoms with Crippen molar-refractivity contribution in [2.24, 2.45) is 11.7 Å². The number of hydrogen-bond acceptors (Lipinski definition) is 7. The van der Waals surface area contributed by atoms with E-state index in [4.69, 9.17) is 15.2 Å². The smallest absolute Gasteiger partial charge is 0.295 e. The highest BCUT2D eigenvalue weighted by molar-refractivity contribution is 6.46. The van der Waals surface area contributed by atoms with Gasteiger partial charge >= 0.3 is 0 Å². The first-order chi connectivity index (χ1) is 18.6. The number of amides is 2. The molecule has 39 heavy (non-hydrogen) atoms. The number of likely N-dealkylation sites (N-methyl/N-ethyl adjacent to an activating group) is 1. The zero-order valence-corrected chi connectivity index (χ0v) is 23.4. The lowest BCUT2D eigenvalue weighted by Crippen LogP contribution is -2.38. The van der Waals surface area contributed by atoms with Crippen LogP contribution in [0.1, 0.15) is 50.4 Å². The van der Waals surface area contributed by atoms with E-state index in [1.807, 2.05) is 26.8 Å². The first-order valence-electron chi connectivity index (χ1n) is 13.3. The number of benzene rings is 2. The number of rotatable bonds is 13. The average molecular weight is 538 g/mol. The molecular formula is C30H39N3O6. The lowest BCUT2D eigenvalue weighted by atomic mass is 9.94. The molecule has 1 atom stereocenters. The molecule has 1 aliphatic heterocycles. The van der Waals surface area contributed by atoms with E-state index in [2.05, 4.69) is 18.7 Å². The molecule has 0 aliphatic carbocycles. The van der Waals surface area contributed by atoms with Crippen LogP contribution in [-0.4, -0.2) is 71.9 Å². The Morgan fingerprint density at radius 2 is 1.69 bits per heavy atom. The summed E-state index contributed by atoms with van der Waals surface area (Å²) >= 11 is 0. The van der Waals surface area contributed by atoms with Gasteiger partial charge in [0, 0.05) is 18.7 Å². The molecule has 2 aromatic rings. The summed E-state index contributed by atoms with van der Waals surface area (Å²) in [5.74, 6) is -0.766. The Labute approximate surface area is 230 Å². The van der Waals surface area contributed by atoms with Gasteiger partial charge in [0.15, 0.2) is 6.61 Å². The molecule has 1 unspecified atom stereocenters. The number of hydrogen-bond donors (Lipinski definition) is 2. The van der Waals surface area contributed by atoms with Gasteiger partial charge in [-0.1, -0.05) is 39.8 Å². The first-order valence-corrected chi connectivity index (χ1v) is 13.3. The molecule has 0 bridgehead atoms. The maximum atomic E-state index is 13.4. The van der Waals surface area contributed by atoms with Gasteiger partial charge in [0.1, 0.15) is 17.3 Å². The number of Topliss-reactive ketones (excluding diaryl/α,β-unsaturated/α-hetero) is 1. The van der Waals surface area contributed by atoms with Gasteiger partial charge in [-0.3, -0.25) is 14.4 Å². The van der Waals surface area contributed by atoms with E-state index in [1.54, 1.807) is 36.4 Å². The van der Waals surface area contributed by atoms with Gasteiger partial charge in [0.25, 0.3) is 17.6 Å². The van der Waals surface area contributed by atoms with E-state index < -0.39 is 23.6 Å². The van der Waals surface area contributed by atoms with Gasteiger partial charge in [0.05, 0.1) is 18.2 Å². The third kappa shape index (κ3) is 7.17. The van der Waals surface area contributed by atoms with E-state index in [-0.39, 0.29) is 17.9 Å². The number of ether oxygens (including phenoxy) is 2. The second kappa shape index (κ2) is 13.3. The van der Waals surface area contributed by atoms with E-state index in [9.17, 15) is 19.5 Å². The zero-order chi connectivity index (χ0) is 28.7. The van der Waals surface area contributed by atoms with Crippen LogP contribution in [0.4, 0.5) is 0 Å². The highest BCUT2D eigenvalue weighted by atomic mass is 16.5. The highest BCUT2D eigenvalue weighted by Crippen LogP contribution is 2.40. The second-order valence-corrected chi connectivity index (χ2v) is 10.0. The molecule has 3 N–H and O–H groups in total. The fraction of sp³-hybridized carbons (Fsp3) is 0.433. The number of aryl methyl sites for hydroxylation is 1. The predicted molar refractivity (Wildman–Crippen MR) is 149 cm³/mol. The summed E-state index contributed by atoms with van der Waals surface area (Å²) in [6.07, 6.45) is 0. The number of carbonyl (C=O) groups is 3. The van der Waals surface area contributed by atoms with Crippen molar-refractivity contribution in [1.82, 2.24) is 9.80 Å². The van der Waals surface area contributed by atoms with Crippen LogP contribution in [0.25, 0.3) is 5.76 Å². The Hall–Kier alpha value is -3.85. The summed E-state index contributed by atoms with van der Waals surface area (Å²) in [6.45, 7) is 12.8. The van der Waals surface area contributed by atoms with E-state index in [0.717, 1.165) is 18.7 Å². The van der Waals surface area contributed by atoms with Crippen LogP contribution in [0.15, 0.2) is 48.0 Å². The van der Waals surface area contributed by atoms with Crippen LogP contribution in [0.5, 0.6) is 11.5 Å². The number of aliphatic hydroxyl groups excluding tert-OH is 1. The average Bonchev–Trinajstić information content (AvgIpc) is 3.16. The van der Waals surface area contributed by atoms with Crippen LogP contribution in [0.3, 0.4) is 0 Å². The Kier molecular flexibility index (Phi) is 10.1. The maximum Gasteiger partial charge on any atom is 0.295 e. The maximum absolute atomic E-state index is 13.4. The Morgan fingerprint density at radius 1 is 1.05 bits per heavy atom. The minimum atomic E-state index is -0.790. The van der Waals surface area contributed by atoms with Crippen molar-refractivity contribution in [2.75, 3.05) is 39.4 Å². The van der Waals surface area contributed by atoms with Gasteiger partial charge in [-0.2, -0.15) is 0 Å². The van der Waals surface area contributed by atoms with Crippen LogP contribution in [0, 0.1) is 12.8 Å². The van der Waals surface area contributed by atoms with E-state index in [0.29, 0.717) is 48.2 Å². The molecule has 3 rings (SSSR count). The fourth-order valence-electron chi connectivity index (χ4n) is 4.55. The van der Waals surface area contributed by atoms with Gasteiger partial charge in [-0.05, 0) is 67.4 Å². The summed E-state index contributed by atoms with van der Waals surface area (Å²) in [6, 6.07) is 11.2. The molecule has 9 heteroatoms. The normalized spacial score (nSPS) is 16.8. The molecule has 210 valence electrons. The zero-order valence-electron chi connectivity index (χ0n) is 23.4. The topological polar surface area (TPSA) is 122 Å². The van der Waals surface area contributed by atoms with Crippen molar-refractivity contribution in [3.05, 3.63) is 64.7 Å². The summed E-state index contributed by atoms with van der Waals surface area (Å²) < 4.78 is 11.2. The minimum absolute atomic E-state index is 0.0318. The van der Waals surface area contributed by atoms with E-state index in [1.165, 1.54) is 4.90 Å². The van der Waals surface area contributed by atoms with Gasteiger partial charge in [-0.25, -0.2) is 0 Å². The van der Waals surface area contributed by atoms with Crippen LogP contribution in [-0.2, 0) is 14.4 Å². The predicted octanol–water partition coefficient (Wildman–Crippen LogP) is 3.66. The summed E-state index contributed by atoms with van der Waals surface area (Å²) in [5.41, 5.74) is 7.01. The molecule has 2 amide bonds. The molecule has 1 fully saturated rings. The lowest BCUT2D eigenvalue weighted by molar-refractivity contribution is -0.140. The fourth-order valence-corrected chi connectivity index (χ4v) is 4.55. The van der Waals surface area contributed by atoms with Gasteiger partial charge < -0.3 is 30.1 Å². The largest absolute Gasteiger partial charge is 0.507 e. The molecule has 2 aromatic carbocycles. The number of ketones is 1. The monoisotopic (exact) mass is 537 g/mol. The number of nitrogens with zero attached hydrogens (tertiary/aromatic N) is 2. The number of carbonyl (C=O) groups excluding carboxylic acids is 3. The number of aliphatic hydroxyl groups is 1. The first kappa shape index (κ1) is 29.7. The third-order valence-corrected chi connectivity index (χ3v) is 6.70. The molecule has 1 saturated heterocycles. The Morgan fingerprint density at radius 3 is 2.26 bits per heavy atom. The molecule has 0 radical (unpaired) electrons. The highest BCUT2D eigenvalue weighted by Gasteiger charge is 2.46. The number of nitrogens with two attached hydrogens (primary N) is 1. The van der Waals surface area contributed by atoms with Crippen molar-refractivity contribution >= 4 is 23.4 Å². The van der Waals surface area contributed by atoms with Crippen molar-refractivity contribution in [3.8, 4) is 11.5 Å². The molecular weight excluding hydrogens is 498 g/mol. The SMILES string of the molecule is CCN(CC)CCN1C(=O)C(=O)C(=C(O)c2ccc(OCC(C)C)cc2C)C1c1ccc(OCC(N)=O)cc1. The standard InChI is InChI=1S/C30H39N3O6/c1-6-32(7-2)14-15-33-27(21-8-10-22(11-9-21)39-18-25(31)34)26(29(36)30(33)37)28(35)24-13-12-23(16-20(24)5)38-17-19(3)4/h8-13,16,19,27,35H,6-7,14-15,17-18H2,1-5H3,(H2,31,34). The Balaban J connectivity index is 2.04. The summed E-state index contributed by atoms with van der Waals surface area (Å²) in [4.78, 5) is 41.4. The molecule has 9 nitrogen and oxygen atoms in total. The van der Waals surface area contributed by atoms with E-state index >= 15 is 0 Å². The third-order valence-electron chi connectivity index (χ3n) is 6.70. The van der Waals surface area contributed by atoms with Crippen molar-refractivity contribution in [2.45, 2.75) is 40.7 Å². The lowest BCUT2D eigenvalue weighted by Gasteiger charge is -2.28. The van der Waals surface area contributed by atoms with Crippen LogP contribution < -0.4 is 15.2 Å². The minimum Gasteiger partial charge on any atom is -0.507 e. The molecule has 0 saturated carbocycles. The van der Waals surface area contributed by atoms with Crippen molar-refractivity contribution in [1.29, 1.82) is 0 Å². The summed E-state index contributed by atoms with van der Waals surface area (Å²) in [5, 5.41) is 11.5. The van der Waals surface area contributed by atoms with Crippen molar-refractivity contribution in [3.63, 3.8) is 0 Å². The molecule has 0 aromatic heterocycles. The summed E-state index contributed by atoms with van der Waals surface area (Å²) in [7, 11) is 0. The Bertz CT molecular complexity index is 1220. The molecule has 0 spiro atoms.